The second kappa shape index (κ2) is 9.29. The van der Waals surface area contributed by atoms with Gasteiger partial charge in [-0.2, -0.15) is 5.26 Å². The van der Waals surface area contributed by atoms with E-state index >= 15 is 0 Å². The number of hydrogen-bond acceptors (Lipinski definition) is 6. The summed E-state index contributed by atoms with van der Waals surface area (Å²) in [5.41, 5.74) is 0.482. The lowest BCUT2D eigenvalue weighted by Crippen LogP contribution is -2.08. The zero-order chi connectivity index (χ0) is 16.4. The Kier molecular flexibility index (Phi) is 7.34. The van der Waals surface area contributed by atoms with Gasteiger partial charge < -0.3 is 19.5 Å². The Hall–Kier alpha value is -2.68. The van der Waals surface area contributed by atoms with Gasteiger partial charge in [0.25, 0.3) is 0 Å². The standard InChI is InChI=1S/C16H20N2O4/c1-4-20-13-7-8-15(21-5-2)14(9-13)18-11-12(10-17)16(19)22-6-3/h7-9,11,18H,4-6H2,1-3H3/b12-11+. The maximum Gasteiger partial charge on any atom is 0.350 e. The lowest BCUT2D eigenvalue weighted by atomic mass is 10.2. The molecule has 0 atom stereocenters. The van der Waals surface area contributed by atoms with Gasteiger partial charge in [-0.3, -0.25) is 0 Å². The van der Waals surface area contributed by atoms with Gasteiger partial charge in [0.1, 0.15) is 17.6 Å². The van der Waals surface area contributed by atoms with Gasteiger partial charge in [-0.15, -0.1) is 0 Å². The normalized spacial score (nSPS) is 10.5. The van der Waals surface area contributed by atoms with E-state index in [0.717, 1.165) is 0 Å². The van der Waals surface area contributed by atoms with Crippen LogP contribution in [0.1, 0.15) is 20.8 Å². The summed E-state index contributed by atoms with van der Waals surface area (Å²) in [5, 5.41) is 11.9. The summed E-state index contributed by atoms with van der Waals surface area (Å²) >= 11 is 0. The molecule has 1 rings (SSSR count). The van der Waals surface area contributed by atoms with Crippen LogP contribution in [0, 0.1) is 11.3 Å². The number of benzene rings is 1. The molecule has 0 radical (unpaired) electrons. The minimum atomic E-state index is -0.670. The predicted molar refractivity (Wildman–Crippen MR) is 82.7 cm³/mol. The Morgan fingerprint density at radius 3 is 2.55 bits per heavy atom. The van der Waals surface area contributed by atoms with E-state index in [1.807, 2.05) is 13.8 Å². The van der Waals surface area contributed by atoms with Gasteiger partial charge in [-0.05, 0) is 32.9 Å². The number of nitrogens with one attached hydrogen (secondary N) is 1. The van der Waals surface area contributed by atoms with Crippen molar-refractivity contribution in [3.8, 4) is 17.6 Å². The number of anilines is 1. The van der Waals surface area contributed by atoms with Crippen molar-refractivity contribution in [1.82, 2.24) is 0 Å². The van der Waals surface area contributed by atoms with Crippen LogP contribution in [0.3, 0.4) is 0 Å². The van der Waals surface area contributed by atoms with Crippen molar-refractivity contribution in [2.75, 3.05) is 25.1 Å². The Morgan fingerprint density at radius 1 is 1.23 bits per heavy atom. The molecule has 22 heavy (non-hydrogen) atoms. The molecule has 0 saturated heterocycles. The SMILES string of the molecule is CCOC(=O)/C(C#N)=C/Nc1cc(OCC)ccc1OCC. The maximum atomic E-state index is 11.6. The van der Waals surface area contributed by atoms with Crippen molar-refractivity contribution in [2.45, 2.75) is 20.8 Å². The molecule has 0 unspecified atom stereocenters. The van der Waals surface area contributed by atoms with Crippen LogP contribution in [0.25, 0.3) is 0 Å². The second-order valence-electron chi connectivity index (χ2n) is 4.06. The summed E-state index contributed by atoms with van der Waals surface area (Å²) in [5.74, 6) is 0.594. The number of hydrogen-bond donors (Lipinski definition) is 1. The smallest absolute Gasteiger partial charge is 0.350 e. The molecule has 0 heterocycles. The Bertz CT molecular complexity index is 576. The average Bonchev–Trinajstić information content (AvgIpc) is 2.51. The molecule has 0 aliphatic rings. The van der Waals surface area contributed by atoms with E-state index in [1.54, 1.807) is 31.2 Å². The van der Waals surface area contributed by atoms with E-state index in [0.29, 0.717) is 30.4 Å². The summed E-state index contributed by atoms with van der Waals surface area (Å²) in [6, 6.07) is 7.10. The summed E-state index contributed by atoms with van der Waals surface area (Å²) in [6.45, 7) is 6.68. The van der Waals surface area contributed by atoms with Crippen LogP contribution in [-0.2, 0) is 9.53 Å². The molecule has 0 aliphatic carbocycles. The number of carbonyl (C=O) groups excluding carboxylic acids is 1. The van der Waals surface area contributed by atoms with E-state index in [2.05, 4.69) is 5.32 Å². The van der Waals surface area contributed by atoms with Gasteiger partial charge in [-0.1, -0.05) is 0 Å². The second-order valence-corrected chi connectivity index (χ2v) is 4.06. The van der Waals surface area contributed by atoms with Gasteiger partial charge in [-0.25, -0.2) is 4.79 Å². The molecule has 1 aromatic carbocycles. The minimum Gasteiger partial charge on any atom is -0.494 e. The highest BCUT2D eigenvalue weighted by atomic mass is 16.5. The van der Waals surface area contributed by atoms with Crippen LogP contribution in [0.5, 0.6) is 11.5 Å². The van der Waals surface area contributed by atoms with Crippen molar-refractivity contribution in [3.63, 3.8) is 0 Å². The number of nitriles is 1. The van der Waals surface area contributed by atoms with Crippen LogP contribution in [0.4, 0.5) is 5.69 Å². The highest BCUT2D eigenvalue weighted by Gasteiger charge is 2.11. The first-order valence-corrected chi connectivity index (χ1v) is 7.09. The lowest BCUT2D eigenvalue weighted by molar-refractivity contribution is -0.138. The van der Waals surface area contributed by atoms with E-state index in [9.17, 15) is 4.79 Å². The summed E-state index contributed by atoms with van der Waals surface area (Å²) in [4.78, 5) is 11.6. The largest absolute Gasteiger partial charge is 0.494 e. The molecule has 0 aliphatic heterocycles. The zero-order valence-electron chi connectivity index (χ0n) is 13.0. The molecule has 1 aromatic rings. The summed E-state index contributed by atoms with van der Waals surface area (Å²) < 4.78 is 15.7. The molecule has 0 amide bonds. The topological polar surface area (TPSA) is 80.6 Å². The Balaban J connectivity index is 3.00. The number of esters is 1. The van der Waals surface area contributed by atoms with E-state index in [-0.39, 0.29) is 12.2 Å². The first-order chi connectivity index (χ1) is 10.7. The van der Waals surface area contributed by atoms with Crippen LogP contribution >= 0.6 is 0 Å². The highest BCUT2D eigenvalue weighted by Crippen LogP contribution is 2.29. The molecule has 0 spiro atoms. The van der Waals surface area contributed by atoms with E-state index in [4.69, 9.17) is 19.5 Å². The van der Waals surface area contributed by atoms with Crippen LogP contribution in [0.15, 0.2) is 30.0 Å². The molecule has 118 valence electrons. The first kappa shape index (κ1) is 17.4. The van der Waals surface area contributed by atoms with Crippen molar-refractivity contribution in [2.24, 2.45) is 0 Å². The van der Waals surface area contributed by atoms with Gasteiger partial charge in [0.05, 0.1) is 25.5 Å². The molecule has 0 aromatic heterocycles. The van der Waals surface area contributed by atoms with Crippen molar-refractivity contribution in [1.29, 1.82) is 5.26 Å². The average molecular weight is 304 g/mol. The predicted octanol–water partition coefficient (Wildman–Crippen LogP) is 2.87. The van der Waals surface area contributed by atoms with E-state index in [1.165, 1.54) is 6.20 Å². The van der Waals surface area contributed by atoms with Crippen molar-refractivity contribution >= 4 is 11.7 Å². The Morgan fingerprint density at radius 2 is 1.95 bits per heavy atom. The van der Waals surface area contributed by atoms with Gasteiger partial charge in [0.15, 0.2) is 5.57 Å². The van der Waals surface area contributed by atoms with Crippen LogP contribution in [-0.4, -0.2) is 25.8 Å². The fraction of sp³-hybridized carbons (Fsp3) is 0.375. The summed E-state index contributed by atoms with van der Waals surface area (Å²) in [7, 11) is 0. The lowest BCUT2D eigenvalue weighted by Gasteiger charge is -2.12. The summed E-state index contributed by atoms with van der Waals surface area (Å²) in [6.07, 6.45) is 1.30. The van der Waals surface area contributed by atoms with Crippen LogP contribution < -0.4 is 14.8 Å². The molecule has 0 fully saturated rings. The monoisotopic (exact) mass is 304 g/mol. The fourth-order valence-electron chi connectivity index (χ4n) is 1.66. The maximum absolute atomic E-state index is 11.6. The number of carbonyl (C=O) groups is 1. The van der Waals surface area contributed by atoms with Gasteiger partial charge >= 0.3 is 5.97 Å². The van der Waals surface area contributed by atoms with Gasteiger partial charge in [0, 0.05) is 12.3 Å². The van der Waals surface area contributed by atoms with E-state index < -0.39 is 5.97 Å². The van der Waals surface area contributed by atoms with Crippen molar-refractivity contribution in [3.05, 3.63) is 30.0 Å². The highest BCUT2D eigenvalue weighted by molar-refractivity contribution is 5.93. The molecular formula is C16H20N2O4. The number of nitrogens with zero attached hydrogens (tertiary/aromatic N) is 1. The molecule has 6 nitrogen and oxygen atoms in total. The third-order valence-corrected chi connectivity index (χ3v) is 2.55. The van der Waals surface area contributed by atoms with Crippen molar-refractivity contribution < 1.29 is 19.0 Å². The quantitative estimate of drug-likeness (QED) is 0.452. The van der Waals surface area contributed by atoms with Crippen LogP contribution in [0.2, 0.25) is 0 Å². The van der Waals surface area contributed by atoms with Gasteiger partial charge in [0.2, 0.25) is 0 Å². The molecular weight excluding hydrogens is 284 g/mol. The zero-order valence-corrected chi connectivity index (χ0v) is 13.0. The number of ether oxygens (including phenoxy) is 3. The molecule has 6 heteroatoms. The molecule has 1 N–H and O–H groups in total. The molecule has 0 bridgehead atoms. The minimum absolute atomic E-state index is 0.119. The molecule has 0 saturated carbocycles. The fourth-order valence-corrected chi connectivity index (χ4v) is 1.66. The Labute approximate surface area is 130 Å². The number of rotatable bonds is 8. The third-order valence-electron chi connectivity index (χ3n) is 2.55. The first-order valence-electron chi connectivity index (χ1n) is 7.09. The third kappa shape index (κ3) is 5.02.